The molecular formula is C14H23N3O3. The summed E-state index contributed by atoms with van der Waals surface area (Å²) in [6.07, 6.45) is 0.0878. The van der Waals surface area contributed by atoms with Gasteiger partial charge in [-0.05, 0) is 24.6 Å². The molecule has 0 aliphatic carbocycles. The molecule has 0 unspecified atom stereocenters. The van der Waals surface area contributed by atoms with Crippen LogP contribution in [0.2, 0.25) is 0 Å². The van der Waals surface area contributed by atoms with Crippen molar-refractivity contribution in [3.8, 4) is 11.5 Å². The molecule has 112 valence electrons. The topological polar surface area (TPSA) is 78.1 Å². The molecule has 0 amide bonds. The van der Waals surface area contributed by atoms with Crippen molar-refractivity contribution in [2.24, 2.45) is 10.7 Å². The molecule has 0 aromatic heterocycles. The predicted molar refractivity (Wildman–Crippen MR) is 79.3 cm³/mol. The molecule has 0 saturated heterocycles. The predicted octanol–water partition coefficient (Wildman–Crippen LogP) is 1.14. The Morgan fingerprint density at radius 3 is 2.55 bits per heavy atom. The molecule has 1 atom stereocenters. The fraction of sp³-hybridized carbons (Fsp3) is 0.500. The van der Waals surface area contributed by atoms with Crippen LogP contribution in [-0.4, -0.2) is 39.9 Å². The number of guanidine groups is 1. The molecule has 0 fully saturated rings. The number of methoxy groups -OCH3 is 3. The Labute approximate surface area is 119 Å². The van der Waals surface area contributed by atoms with Gasteiger partial charge in [-0.3, -0.25) is 0 Å². The van der Waals surface area contributed by atoms with Gasteiger partial charge in [0.25, 0.3) is 0 Å². The highest BCUT2D eigenvalue weighted by Crippen LogP contribution is 2.27. The zero-order valence-electron chi connectivity index (χ0n) is 12.5. The van der Waals surface area contributed by atoms with E-state index in [0.29, 0.717) is 30.5 Å². The number of rotatable bonds is 7. The van der Waals surface area contributed by atoms with E-state index < -0.39 is 0 Å². The molecular weight excluding hydrogens is 258 g/mol. The van der Waals surface area contributed by atoms with E-state index in [4.69, 9.17) is 19.9 Å². The molecule has 6 heteroatoms. The van der Waals surface area contributed by atoms with E-state index in [1.807, 2.05) is 25.1 Å². The molecule has 1 rings (SSSR count). The largest absolute Gasteiger partial charge is 0.493 e. The zero-order valence-corrected chi connectivity index (χ0v) is 12.5. The molecule has 6 nitrogen and oxygen atoms in total. The maximum absolute atomic E-state index is 5.78. The first-order valence-corrected chi connectivity index (χ1v) is 6.38. The van der Waals surface area contributed by atoms with Gasteiger partial charge in [-0.1, -0.05) is 6.07 Å². The number of ether oxygens (including phenoxy) is 3. The molecule has 0 bridgehead atoms. The molecule has 0 aliphatic rings. The number of nitrogens with zero attached hydrogens (tertiary/aromatic N) is 1. The minimum Gasteiger partial charge on any atom is -0.493 e. The Morgan fingerprint density at radius 1 is 1.25 bits per heavy atom. The van der Waals surface area contributed by atoms with Gasteiger partial charge in [-0.25, -0.2) is 4.99 Å². The van der Waals surface area contributed by atoms with Crippen LogP contribution in [0.15, 0.2) is 23.2 Å². The van der Waals surface area contributed by atoms with Crippen LogP contribution in [-0.2, 0) is 11.3 Å². The van der Waals surface area contributed by atoms with Crippen molar-refractivity contribution in [1.29, 1.82) is 0 Å². The van der Waals surface area contributed by atoms with Crippen LogP contribution in [0.3, 0.4) is 0 Å². The van der Waals surface area contributed by atoms with E-state index in [0.717, 1.165) is 5.56 Å². The number of hydrogen-bond donors (Lipinski definition) is 2. The molecule has 1 aromatic rings. The highest BCUT2D eigenvalue weighted by molar-refractivity contribution is 5.77. The highest BCUT2D eigenvalue weighted by Gasteiger charge is 2.04. The second kappa shape index (κ2) is 8.27. The van der Waals surface area contributed by atoms with Crippen molar-refractivity contribution in [2.45, 2.75) is 19.6 Å². The van der Waals surface area contributed by atoms with E-state index in [-0.39, 0.29) is 6.10 Å². The van der Waals surface area contributed by atoms with Gasteiger partial charge >= 0.3 is 0 Å². The van der Waals surface area contributed by atoms with E-state index in [1.165, 1.54) is 0 Å². The Bertz CT molecular complexity index is 449. The summed E-state index contributed by atoms with van der Waals surface area (Å²) < 4.78 is 15.5. The molecule has 0 spiro atoms. The minimum absolute atomic E-state index is 0.0878. The summed E-state index contributed by atoms with van der Waals surface area (Å²) in [5.41, 5.74) is 6.77. The first kappa shape index (κ1) is 16.1. The summed E-state index contributed by atoms with van der Waals surface area (Å²) in [6.45, 7) is 3.05. The second-order valence-corrected chi connectivity index (χ2v) is 4.32. The lowest BCUT2D eigenvalue weighted by molar-refractivity contribution is 0.121. The Hall–Kier alpha value is -1.95. The molecule has 0 radical (unpaired) electrons. The number of benzene rings is 1. The van der Waals surface area contributed by atoms with E-state index in [2.05, 4.69) is 10.3 Å². The molecule has 0 saturated carbocycles. The summed E-state index contributed by atoms with van der Waals surface area (Å²) in [4.78, 5) is 4.26. The third-order valence-corrected chi connectivity index (χ3v) is 2.85. The van der Waals surface area contributed by atoms with Crippen molar-refractivity contribution in [2.75, 3.05) is 27.9 Å². The fourth-order valence-corrected chi connectivity index (χ4v) is 1.54. The van der Waals surface area contributed by atoms with E-state index in [9.17, 15) is 0 Å². The standard InChI is InChI=1S/C14H23N3O3/c1-10(18-2)8-16-14(15)17-9-11-5-6-12(19-3)13(7-11)20-4/h5-7,10H,8-9H2,1-4H3,(H3,15,16,17)/t10-/m1/s1. The van der Waals surface area contributed by atoms with Crippen molar-refractivity contribution in [3.63, 3.8) is 0 Å². The molecule has 20 heavy (non-hydrogen) atoms. The third kappa shape index (κ3) is 4.97. The van der Waals surface area contributed by atoms with Crippen LogP contribution in [0, 0.1) is 0 Å². The summed E-state index contributed by atoms with van der Waals surface area (Å²) in [7, 11) is 4.87. The molecule has 0 heterocycles. The van der Waals surface area contributed by atoms with E-state index >= 15 is 0 Å². The van der Waals surface area contributed by atoms with Gasteiger partial charge < -0.3 is 25.3 Å². The molecule has 0 aliphatic heterocycles. The van der Waals surface area contributed by atoms with Crippen molar-refractivity contribution in [3.05, 3.63) is 23.8 Å². The maximum atomic E-state index is 5.78. The van der Waals surface area contributed by atoms with Gasteiger partial charge in [0.2, 0.25) is 0 Å². The third-order valence-electron chi connectivity index (χ3n) is 2.85. The van der Waals surface area contributed by atoms with Crippen LogP contribution >= 0.6 is 0 Å². The van der Waals surface area contributed by atoms with Crippen LogP contribution < -0.4 is 20.5 Å². The highest BCUT2D eigenvalue weighted by atomic mass is 16.5. The van der Waals surface area contributed by atoms with Crippen LogP contribution in [0.4, 0.5) is 0 Å². The Balaban J connectivity index is 2.60. The number of aliphatic imine (C=N–C) groups is 1. The number of nitrogens with one attached hydrogen (secondary N) is 1. The lowest BCUT2D eigenvalue weighted by Gasteiger charge is -2.11. The summed E-state index contributed by atoms with van der Waals surface area (Å²) in [5.74, 6) is 1.77. The second-order valence-electron chi connectivity index (χ2n) is 4.32. The van der Waals surface area contributed by atoms with E-state index in [1.54, 1.807) is 21.3 Å². The number of nitrogens with two attached hydrogens (primary N) is 1. The summed E-state index contributed by atoms with van der Waals surface area (Å²) in [5, 5.41) is 3.00. The van der Waals surface area contributed by atoms with Crippen LogP contribution in [0.1, 0.15) is 12.5 Å². The van der Waals surface area contributed by atoms with Crippen LogP contribution in [0.25, 0.3) is 0 Å². The van der Waals surface area contributed by atoms with Gasteiger partial charge in [-0.2, -0.15) is 0 Å². The molecule has 3 N–H and O–H groups in total. The van der Waals surface area contributed by atoms with Gasteiger partial charge in [0.1, 0.15) is 0 Å². The van der Waals surface area contributed by atoms with Gasteiger partial charge in [-0.15, -0.1) is 0 Å². The SMILES string of the molecule is COc1ccc(CN=C(N)NC[C@@H](C)OC)cc1OC. The Morgan fingerprint density at radius 2 is 1.95 bits per heavy atom. The summed E-state index contributed by atoms with van der Waals surface area (Å²) >= 11 is 0. The van der Waals surface area contributed by atoms with Gasteiger partial charge in [0.15, 0.2) is 17.5 Å². The average Bonchev–Trinajstić information content (AvgIpc) is 2.49. The Kier molecular flexibility index (Phi) is 6.66. The first-order chi connectivity index (χ1) is 9.60. The van der Waals surface area contributed by atoms with Crippen LogP contribution in [0.5, 0.6) is 11.5 Å². The minimum atomic E-state index is 0.0878. The van der Waals surface area contributed by atoms with Gasteiger partial charge in [0.05, 0.1) is 26.9 Å². The average molecular weight is 281 g/mol. The van der Waals surface area contributed by atoms with Crippen molar-refractivity contribution >= 4 is 5.96 Å². The summed E-state index contributed by atoms with van der Waals surface area (Å²) in [6, 6.07) is 5.66. The molecule has 1 aromatic carbocycles. The lowest BCUT2D eigenvalue weighted by atomic mass is 10.2. The van der Waals surface area contributed by atoms with Gasteiger partial charge in [0, 0.05) is 13.7 Å². The quantitative estimate of drug-likeness (QED) is 0.579. The lowest BCUT2D eigenvalue weighted by Crippen LogP contribution is -2.37. The zero-order chi connectivity index (χ0) is 15.0. The van der Waals surface area contributed by atoms with Crippen molar-refractivity contribution < 1.29 is 14.2 Å². The van der Waals surface area contributed by atoms with Crippen molar-refractivity contribution in [1.82, 2.24) is 5.32 Å². The number of hydrogen-bond acceptors (Lipinski definition) is 4. The smallest absolute Gasteiger partial charge is 0.189 e. The monoisotopic (exact) mass is 281 g/mol. The first-order valence-electron chi connectivity index (χ1n) is 6.38. The normalized spacial score (nSPS) is 12.9. The fourth-order valence-electron chi connectivity index (χ4n) is 1.54. The maximum Gasteiger partial charge on any atom is 0.189 e.